The SMILES string of the molecule is CCCCOC(=O)NC(CC(=O)OCc1ccccc1)C(=O)NC(COC(=O)OCc1ccccc1)C(C)(C)C. The number of benzene rings is 2. The van der Waals surface area contributed by atoms with Crippen molar-refractivity contribution in [1.82, 2.24) is 10.6 Å². The number of amides is 2. The van der Waals surface area contributed by atoms with Crippen molar-refractivity contribution in [3.63, 3.8) is 0 Å². The van der Waals surface area contributed by atoms with Crippen molar-refractivity contribution in [2.24, 2.45) is 5.41 Å². The first-order valence-electron chi connectivity index (χ1n) is 13.3. The fraction of sp³-hybridized carbons (Fsp3) is 0.467. The lowest BCUT2D eigenvalue weighted by molar-refractivity contribution is -0.147. The van der Waals surface area contributed by atoms with Gasteiger partial charge in [0.05, 0.1) is 19.1 Å². The van der Waals surface area contributed by atoms with Crippen LogP contribution in [0, 0.1) is 5.41 Å². The number of carbonyl (C=O) groups excluding carboxylic acids is 4. The van der Waals surface area contributed by atoms with Gasteiger partial charge in [0, 0.05) is 0 Å². The van der Waals surface area contributed by atoms with Crippen LogP contribution in [0.25, 0.3) is 0 Å². The first kappa shape index (κ1) is 32.1. The third kappa shape index (κ3) is 12.6. The van der Waals surface area contributed by atoms with Crippen molar-refractivity contribution < 1.29 is 38.1 Å². The zero-order valence-electron chi connectivity index (χ0n) is 23.6. The smallest absolute Gasteiger partial charge is 0.461 e. The van der Waals surface area contributed by atoms with Crippen molar-refractivity contribution in [2.75, 3.05) is 13.2 Å². The number of rotatable bonds is 14. The maximum absolute atomic E-state index is 13.3. The Bertz CT molecular complexity index is 1070. The number of esters is 1. The van der Waals surface area contributed by atoms with Gasteiger partial charge in [0.1, 0.15) is 25.9 Å². The molecule has 218 valence electrons. The van der Waals surface area contributed by atoms with Crippen molar-refractivity contribution in [3.8, 4) is 0 Å². The Kier molecular flexibility index (Phi) is 13.5. The number of ether oxygens (including phenoxy) is 4. The van der Waals surface area contributed by atoms with Gasteiger partial charge < -0.3 is 29.6 Å². The number of hydrogen-bond acceptors (Lipinski definition) is 8. The van der Waals surface area contributed by atoms with E-state index in [1.54, 1.807) is 12.1 Å². The summed E-state index contributed by atoms with van der Waals surface area (Å²) < 4.78 is 20.8. The number of unbranched alkanes of at least 4 members (excludes halogenated alkanes) is 1. The van der Waals surface area contributed by atoms with Gasteiger partial charge in [-0.1, -0.05) is 94.8 Å². The molecular formula is C30H40N2O8. The van der Waals surface area contributed by atoms with Crippen LogP contribution in [-0.4, -0.2) is 49.4 Å². The first-order chi connectivity index (χ1) is 19.1. The molecule has 0 aliphatic rings. The Hall–Kier alpha value is -4.08. The van der Waals surface area contributed by atoms with Gasteiger partial charge in [0.25, 0.3) is 0 Å². The summed E-state index contributed by atoms with van der Waals surface area (Å²) in [6.07, 6.45) is -0.640. The molecule has 2 aromatic carbocycles. The summed E-state index contributed by atoms with van der Waals surface area (Å²) >= 11 is 0. The van der Waals surface area contributed by atoms with E-state index in [1.807, 2.05) is 76.2 Å². The Balaban J connectivity index is 2.00. The quantitative estimate of drug-likeness (QED) is 0.191. The van der Waals surface area contributed by atoms with Crippen LogP contribution >= 0.6 is 0 Å². The molecule has 0 fully saturated rings. The molecule has 0 saturated carbocycles. The van der Waals surface area contributed by atoms with E-state index in [9.17, 15) is 19.2 Å². The maximum atomic E-state index is 13.3. The molecule has 2 atom stereocenters. The summed E-state index contributed by atoms with van der Waals surface area (Å²) in [6.45, 7) is 7.58. The fourth-order valence-electron chi connectivity index (χ4n) is 3.36. The monoisotopic (exact) mass is 556 g/mol. The highest BCUT2D eigenvalue weighted by Gasteiger charge is 2.32. The molecule has 0 heterocycles. The molecule has 2 amide bonds. The van der Waals surface area contributed by atoms with Gasteiger partial charge in [-0.3, -0.25) is 9.59 Å². The third-order valence-corrected chi connectivity index (χ3v) is 5.88. The van der Waals surface area contributed by atoms with Crippen molar-refractivity contribution in [1.29, 1.82) is 0 Å². The van der Waals surface area contributed by atoms with Crippen molar-refractivity contribution >= 4 is 24.1 Å². The Morgan fingerprint density at radius 2 is 1.35 bits per heavy atom. The van der Waals surface area contributed by atoms with E-state index in [-0.39, 0.29) is 26.4 Å². The lowest BCUT2D eigenvalue weighted by atomic mass is 9.87. The van der Waals surface area contributed by atoms with Gasteiger partial charge in [-0.2, -0.15) is 0 Å². The zero-order valence-corrected chi connectivity index (χ0v) is 23.6. The van der Waals surface area contributed by atoms with E-state index in [2.05, 4.69) is 10.6 Å². The number of nitrogens with one attached hydrogen (secondary N) is 2. The highest BCUT2D eigenvalue weighted by atomic mass is 16.7. The van der Waals surface area contributed by atoms with E-state index < -0.39 is 48.0 Å². The molecule has 0 saturated heterocycles. The predicted molar refractivity (Wildman–Crippen MR) is 148 cm³/mol. The fourth-order valence-corrected chi connectivity index (χ4v) is 3.36. The second-order valence-corrected chi connectivity index (χ2v) is 10.3. The summed E-state index contributed by atoms with van der Waals surface area (Å²) in [5, 5.41) is 5.25. The molecule has 0 aliphatic carbocycles. The van der Waals surface area contributed by atoms with Crippen LogP contribution in [-0.2, 0) is 41.8 Å². The lowest BCUT2D eigenvalue weighted by Gasteiger charge is -2.32. The molecule has 2 N–H and O–H groups in total. The Morgan fingerprint density at radius 3 is 1.90 bits per heavy atom. The van der Waals surface area contributed by atoms with Crippen LogP contribution in [0.5, 0.6) is 0 Å². The molecule has 2 rings (SSSR count). The Morgan fingerprint density at radius 1 is 0.775 bits per heavy atom. The summed E-state index contributed by atoms with van der Waals surface area (Å²) in [5.41, 5.74) is 1.04. The molecule has 0 aromatic heterocycles. The largest absolute Gasteiger partial charge is 0.508 e. The van der Waals surface area contributed by atoms with E-state index in [1.165, 1.54) is 0 Å². The second kappa shape index (κ2) is 16.8. The standard InChI is InChI=1S/C30H40N2O8/c1-5-6-17-37-28(35)31-24(18-26(33)38-19-22-13-9-7-10-14-22)27(34)32-25(30(2,3)4)21-40-29(36)39-20-23-15-11-8-12-16-23/h7-16,24-25H,5-6,17-21H2,1-4H3,(H,31,35)(H,32,34). The molecule has 0 bridgehead atoms. The van der Waals surface area contributed by atoms with Crippen LogP contribution in [0.4, 0.5) is 9.59 Å². The minimum atomic E-state index is -1.27. The second-order valence-electron chi connectivity index (χ2n) is 10.3. The average molecular weight is 557 g/mol. The summed E-state index contributed by atoms with van der Waals surface area (Å²) in [6, 6.07) is 16.3. The molecule has 2 unspecified atom stereocenters. The van der Waals surface area contributed by atoms with Crippen LogP contribution < -0.4 is 10.6 Å². The lowest BCUT2D eigenvalue weighted by Crippen LogP contribution is -2.55. The van der Waals surface area contributed by atoms with E-state index in [0.29, 0.717) is 6.42 Å². The van der Waals surface area contributed by atoms with Crippen LogP contribution in [0.2, 0.25) is 0 Å². The molecule has 0 radical (unpaired) electrons. The van der Waals surface area contributed by atoms with Crippen LogP contribution in [0.1, 0.15) is 58.1 Å². The van der Waals surface area contributed by atoms with Gasteiger partial charge in [-0.05, 0) is 23.0 Å². The summed E-state index contributed by atoms with van der Waals surface area (Å²) in [5.74, 6) is -1.32. The third-order valence-electron chi connectivity index (χ3n) is 5.88. The molecule has 10 heteroatoms. The number of alkyl carbamates (subject to hydrolysis) is 1. The first-order valence-corrected chi connectivity index (χ1v) is 13.3. The molecule has 2 aromatic rings. The normalized spacial score (nSPS) is 12.4. The molecule has 40 heavy (non-hydrogen) atoms. The molecule has 0 spiro atoms. The molecule has 10 nitrogen and oxygen atoms in total. The Labute approximate surface area is 235 Å². The minimum absolute atomic E-state index is 0.0263. The van der Waals surface area contributed by atoms with Gasteiger partial charge in [-0.15, -0.1) is 0 Å². The van der Waals surface area contributed by atoms with E-state index in [4.69, 9.17) is 18.9 Å². The van der Waals surface area contributed by atoms with Gasteiger partial charge >= 0.3 is 18.2 Å². The van der Waals surface area contributed by atoms with Crippen molar-refractivity contribution in [2.45, 2.75) is 72.3 Å². The van der Waals surface area contributed by atoms with Gasteiger partial charge in [0.2, 0.25) is 5.91 Å². The van der Waals surface area contributed by atoms with E-state index in [0.717, 1.165) is 17.5 Å². The van der Waals surface area contributed by atoms with Crippen LogP contribution in [0.15, 0.2) is 60.7 Å². The molecular weight excluding hydrogens is 516 g/mol. The summed E-state index contributed by atoms with van der Waals surface area (Å²) in [7, 11) is 0. The predicted octanol–water partition coefficient (Wildman–Crippen LogP) is 4.90. The van der Waals surface area contributed by atoms with Gasteiger partial charge in [0.15, 0.2) is 0 Å². The number of carbonyl (C=O) groups is 4. The zero-order chi connectivity index (χ0) is 29.4. The molecule has 0 aliphatic heterocycles. The summed E-state index contributed by atoms with van der Waals surface area (Å²) in [4.78, 5) is 50.4. The highest BCUT2D eigenvalue weighted by Crippen LogP contribution is 2.20. The van der Waals surface area contributed by atoms with Gasteiger partial charge in [-0.25, -0.2) is 9.59 Å². The number of hydrogen-bond donors (Lipinski definition) is 2. The average Bonchev–Trinajstić information content (AvgIpc) is 2.93. The van der Waals surface area contributed by atoms with Crippen molar-refractivity contribution in [3.05, 3.63) is 71.8 Å². The topological polar surface area (TPSA) is 129 Å². The van der Waals surface area contributed by atoms with E-state index >= 15 is 0 Å². The highest BCUT2D eigenvalue weighted by molar-refractivity contribution is 5.89. The van der Waals surface area contributed by atoms with Crippen LogP contribution in [0.3, 0.4) is 0 Å². The minimum Gasteiger partial charge on any atom is -0.461 e. The maximum Gasteiger partial charge on any atom is 0.508 e.